The van der Waals surface area contributed by atoms with Crippen molar-refractivity contribution >= 4 is 17.3 Å². The molecular weight excluding hydrogens is 406 g/mol. The number of hydrogen-bond acceptors (Lipinski definition) is 5. The van der Waals surface area contributed by atoms with Crippen molar-refractivity contribution in [2.24, 2.45) is 0 Å². The smallest absolute Gasteiger partial charge is 0.275 e. The first-order chi connectivity index (χ1) is 14.6. The van der Waals surface area contributed by atoms with Gasteiger partial charge in [0, 0.05) is 30.0 Å². The van der Waals surface area contributed by atoms with Crippen molar-refractivity contribution in [3.63, 3.8) is 0 Å². The van der Waals surface area contributed by atoms with Gasteiger partial charge in [0.05, 0.1) is 22.9 Å². The first-order valence-corrected chi connectivity index (χ1v) is 10.2. The van der Waals surface area contributed by atoms with Gasteiger partial charge in [0.15, 0.2) is 6.29 Å². The molecule has 1 aromatic heterocycles. The molecule has 0 aliphatic carbocycles. The summed E-state index contributed by atoms with van der Waals surface area (Å²) in [5.41, 5.74) is 1.29. The summed E-state index contributed by atoms with van der Waals surface area (Å²) in [5, 5.41) is 12.2. The van der Waals surface area contributed by atoms with Gasteiger partial charge in [-0.1, -0.05) is 35.9 Å². The van der Waals surface area contributed by atoms with Crippen LogP contribution in [0.2, 0.25) is 5.02 Å². The lowest BCUT2D eigenvalue weighted by molar-refractivity contribution is -0.386. The summed E-state index contributed by atoms with van der Waals surface area (Å²) in [6.45, 7) is 0.691. The number of ether oxygens (including phenoxy) is 2. The summed E-state index contributed by atoms with van der Waals surface area (Å²) in [5.74, 6) is 0. The number of imidazole rings is 1. The molecule has 1 aliphatic rings. The molecule has 0 radical (unpaired) electrons. The number of benzene rings is 2. The molecule has 0 amide bonds. The number of rotatable bonds is 7. The van der Waals surface area contributed by atoms with E-state index in [4.69, 9.17) is 21.1 Å². The Bertz CT molecular complexity index is 978. The highest BCUT2D eigenvalue weighted by Crippen LogP contribution is 2.36. The maximum atomic E-state index is 11.6. The van der Waals surface area contributed by atoms with E-state index in [2.05, 4.69) is 4.98 Å². The molecule has 0 spiro atoms. The first kappa shape index (κ1) is 20.5. The molecule has 8 heteroatoms. The lowest BCUT2D eigenvalue weighted by atomic mass is 9.99. The van der Waals surface area contributed by atoms with Gasteiger partial charge in [-0.2, -0.15) is 0 Å². The molecule has 0 saturated carbocycles. The molecule has 1 unspecified atom stereocenters. The average molecular weight is 428 g/mol. The standard InChI is InChI=1S/C22H22ClN3O4/c23-17-10-8-16(9-11-17)22(19-5-1-2-6-20(19)26(27)28)30-21-7-3-4-18(29-21)14-25-13-12-24-15-25/h1-2,5-6,8-13,15,18,21-22H,3-4,7,14H2/t18-,21+,22?/m1/s1. The SMILES string of the molecule is O=[N+]([O-])c1ccccc1C(O[C@H]1CCC[C@H](Cn2ccnc2)O1)c1ccc(Cl)cc1. The largest absolute Gasteiger partial charge is 0.348 e. The number of nitro benzene ring substituents is 1. The number of hydrogen-bond donors (Lipinski definition) is 0. The van der Waals surface area contributed by atoms with Gasteiger partial charge in [-0.25, -0.2) is 4.98 Å². The third-order valence-electron chi connectivity index (χ3n) is 5.16. The summed E-state index contributed by atoms with van der Waals surface area (Å²) >= 11 is 6.04. The highest BCUT2D eigenvalue weighted by molar-refractivity contribution is 6.30. The maximum absolute atomic E-state index is 11.6. The quantitative estimate of drug-likeness (QED) is 0.385. The zero-order chi connectivity index (χ0) is 20.9. The van der Waals surface area contributed by atoms with Crippen LogP contribution in [0.1, 0.15) is 36.5 Å². The normalized spacial score (nSPS) is 20.0. The second-order valence-corrected chi connectivity index (χ2v) is 7.70. The first-order valence-electron chi connectivity index (χ1n) is 9.85. The van der Waals surface area contributed by atoms with E-state index in [1.54, 1.807) is 42.9 Å². The van der Waals surface area contributed by atoms with Crippen LogP contribution < -0.4 is 0 Å². The third-order valence-corrected chi connectivity index (χ3v) is 5.41. The predicted molar refractivity (Wildman–Crippen MR) is 112 cm³/mol. The molecule has 7 nitrogen and oxygen atoms in total. The van der Waals surface area contributed by atoms with Gasteiger partial charge in [0.25, 0.3) is 5.69 Å². The van der Waals surface area contributed by atoms with Crippen LogP contribution in [0.3, 0.4) is 0 Å². The van der Waals surface area contributed by atoms with Crippen molar-refractivity contribution in [1.29, 1.82) is 0 Å². The van der Waals surface area contributed by atoms with Crippen LogP contribution in [0.15, 0.2) is 67.3 Å². The molecule has 3 aromatic rings. The van der Waals surface area contributed by atoms with Crippen LogP contribution in [0, 0.1) is 10.1 Å². The van der Waals surface area contributed by atoms with Crippen LogP contribution in [-0.4, -0.2) is 26.9 Å². The average Bonchev–Trinajstić information content (AvgIpc) is 3.26. The second kappa shape index (κ2) is 9.38. The zero-order valence-corrected chi connectivity index (χ0v) is 17.0. The van der Waals surface area contributed by atoms with E-state index in [0.29, 0.717) is 17.1 Å². The van der Waals surface area contributed by atoms with E-state index in [0.717, 1.165) is 24.8 Å². The predicted octanol–water partition coefficient (Wildman–Crippen LogP) is 5.15. The van der Waals surface area contributed by atoms with Gasteiger partial charge in [-0.15, -0.1) is 0 Å². The fourth-order valence-electron chi connectivity index (χ4n) is 3.72. The van der Waals surface area contributed by atoms with Gasteiger partial charge >= 0.3 is 0 Å². The molecule has 30 heavy (non-hydrogen) atoms. The molecule has 3 atom stereocenters. The summed E-state index contributed by atoms with van der Waals surface area (Å²) in [6, 6.07) is 13.8. The van der Waals surface area contributed by atoms with E-state index in [-0.39, 0.29) is 16.7 Å². The molecule has 0 N–H and O–H groups in total. The Balaban J connectivity index is 1.58. The summed E-state index contributed by atoms with van der Waals surface area (Å²) in [6.07, 6.45) is 6.90. The minimum Gasteiger partial charge on any atom is -0.348 e. The minimum atomic E-state index is -0.638. The van der Waals surface area contributed by atoms with Gasteiger partial charge in [0.1, 0.15) is 6.10 Å². The Kier molecular flexibility index (Phi) is 6.42. The molecule has 0 bridgehead atoms. The van der Waals surface area contributed by atoms with E-state index in [9.17, 15) is 10.1 Å². The molecule has 1 fully saturated rings. The van der Waals surface area contributed by atoms with Crippen molar-refractivity contribution in [2.75, 3.05) is 0 Å². The van der Waals surface area contributed by atoms with Crippen LogP contribution in [-0.2, 0) is 16.0 Å². The van der Waals surface area contributed by atoms with E-state index in [1.807, 2.05) is 22.9 Å². The Morgan fingerprint density at radius 2 is 2.03 bits per heavy atom. The molecule has 4 rings (SSSR count). The fourth-order valence-corrected chi connectivity index (χ4v) is 3.85. The zero-order valence-electron chi connectivity index (χ0n) is 16.3. The number of aromatic nitrogens is 2. The van der Waals surface area contributed by atoms with Crippen molar-refractivity contribution in [1.82, 2.24) is 9.55 Å². The van der Waals surface area contributed by atoms with Crippen LogP contribution in [0.5, 0.6) is 0 Å². The number of para-hydroxylation sites is 1. The van der Waals surface area contributed by atoms with E-state index >= 15 is 0 Å². The van der Waals surface area contributed by atoms with E-state index < -0.39 is 12.4 Å². The minimum absolute atomic E-state index is 0.00502. The highest BCUT2D eigenvalue weighted by Gasteiger charge is 2.30. The lowest BCUT2D eigenvalue weighted by Gasteiger charge is -2.33. The Labute approximate surface area is 179 Å². The van der Waals surface area contributed by atoms with Crippen LogP contribution in [0.4, 0.5) is 5.69 Å². The highest BCUT2D eigenvalue weighted by atomic mass is 35.5. The number of halogens is 1. The summed E-state index contributed by atoms with van der Waals surface area (Å²) in [4.78, 5) is 15.3. The summed E-state index contributed by atoms with van der Waals surface area (Å²) in [7, 11) is 0. The van der Waals surface area contributed by atoms with Crippen LogP contribution in [0.25, 0.3) is 0 Å². The van der Waals surface area contributed by atoms with Crippen LogP contribution >= 0.6 is 11.6 Å². The van der Waals surface area contributed by atoms with Gasteiger partial charge in [-0.3, -0.25) is 10.1 Å². The topological polar surface area (TPSA) is 79.4 Å². The number of nitrogens with zero attached hydrogens (tertiary/aromatic N) is 3. The molecule has 2 aromatic carbocycles. The van der Waals surface area contributed by atoms with Gasteiger partial charge < -0.3 is 14.0 Å². The van der Waals surface area contributed by atoms with Gasteiger partial charge in [0.2, 0.25) is 0 Å². The summed E-state index contributed by atoms with van der Waals surface area (Å²) < 4.78 is 14.5. The molecule has 1 aliphatic heterocycles. The lowest BCUT2D eigenvalue weighted by Crippen LogP contribution is -2.33. The Morgan fingerprint density at radius 1 is 1.23 bits per heavy atom. The Morgan fingerprint density at radius 3 is 2.77 bits per heavy atom. The van der Waals surface area contributed by atoms with E-state index in [1.165, 1.54) is 6.07 Å². The molecule has 2 heterocycles. The number of nitro groups is 1. The fraction of sp³-hybridized carbons (Fsp3) is 0.318. The van der Waals surface area contributed by atoms with Crippen molar-refractivity contribution < 1.29 is 14.4 Å². The maximum Gasteiger partial charge on any atom is 0.275 e. The van der Waals surface area contributed by atoms with Crippen molar-refractivity contribution in [3.8, 4) is 0 Å². The van der Waals surface area contributed by atoms with Gasteiger partial charge in [-0.05, 0) is 43.0 Å². The third kappa shape index (κ3) is 4.87. The Hall–Kier alpha value is -2.74. The van der Waals surface area contributed by atoms with Crippen molar-refractivity contribution in [2.45, 2.75) is 44.3 Å². The second-order valence-electron chi connectivity index (χ2n) is 7.26. The molecule has 156 valence electrons. The molecule has 1 saturated heterocycles. The molecular formula is C22H22ClN3O4. The monoisotopic (exact) mass is 427 g/mol. The van der Waals surface area contributed by atoms with Crippen molar-refractivity contribution in [3.05, 3.63) is 93.5 Å².